The molecule has 0 fully saturated rings. The highest BCUT2D eigenvalue weighted by Crippen LogP contribution is 2.18. The van der Waals surface area contributed by atoms with Gasteiger partial charge in [-0.15, -0.1) is 5.10 Å². The molecular weight excluding hydrogens is 422 g/mol. The number of carbonyl (C=O) groups excluding carboxylic acids is 3. The molecule has 1 aromatic heterocycles. The minimum Gasteiger partial charge on any atom is -0.457 e. The number of anilines is 1. The fraction of sp³-hybridized carbons (Fsp3) is 0.0833. The van der Waals surface area contributed by atoms with E-state index in [1.54, 1.807) is 60.7 Å². The minimum absolute atomic E-state index is 0.0194. The van der Waals surface area contributed by atoms with Crippen molar-refractivity contribution in [2.75, 3.05) is 5.32 Å². The Kier molecular flexibility index (Phi) is 6.60. The van der Waals surface area contributed by atoms with Gasteiger partial charge in [0.05, 0.1) is 11.3 Å². The second kappa shape index (κ2) is 10.1. The summed E-state index contributed by atoms with van der Waals surface area (Å²) in [7, 11) is 0. The fourth-order valence-electron chi connectivity index (χ4n) is 3.09. The van der Waals surface area contributed by atoms with E-state index in [4.69, 9.17) is 4.74 Å². The van der Waals surface area contributed by atoms with Gasteiger partial charge in [-0.1, -0.05) is 66.7 Å². The fourth-order valence-corrected chi connectivity index (χ4v) is 3.09. The van der Waals surface area contributed by atoms with Crippen LogP contribution in [0.15, 0.2) is 85.2 Å². The molecule has 0 aliphatic heterocycles. The van der Waals surface area contributed by atoms with Gasteiger partial charge in [-0.2, -0.15) is 0 Å². The first kappa shape index (κ1) is 21.6. The van der Waals surface area contributed by atoms with E-state index >= 15 is 0 Å². The average Bonchev–Trinajstić information content (AvgIpc) is 3.36. The number of aromatic nitrogens is 4. The number of benzene rings is 3. The first-order valence-electron chi connectivity index (χ1n) is 10.1. The van der Waals surface area contributed by atoms with Crippen LogP contribution in [0.1, 0.15) is 31.8 Å². The third kappa shape index (κ3) is 5.53. The smallest absolute Gasteiger partial charge is 0.340 e. The van der Waals surface area contributed by atoms with Crippen molar-refractivity contribution in [2.24, 2.45) is 0 Å². The molecule has 4 rings (SSSR count). The van der Waals surface area contributed by atoms with E-state index < -0.39 is 5.97 Å². The number of amides is 1. The van der Waals surface area contributed by atoms with Crippen LogP contribution in [-0.2, 0) is 22.7 Å². The molecule has 164 valence electrons. The van der Waals surface area contributed by atoms with Gasteiger partial charge in [0.15, 0.2) is 5.78 Å². The van der Waals surface area contributed by atoms with E-state index in [2.05, 4.69) is 20.8 Å². The lowest BCUT2D eigenvalue weighted by Gasteiger charge is -2.11. The number of carbonyl (C=O) groups is 3. The van der Waals surface area contributed by atoms with Crippen LogP contribution in [0.3, 0.4) is 0 Å². The first-order valence-corrected chi connectivity index (χ1v) is 10.1. The highest BCUT2D eigenvalue weighted by atomic mass is 16.5. The quantitative estimate of drug-likeness (QED) is 0.330. The molecule has 0 bridgehead atoms. The number of tetrazole rings is 1. The van der Waals surface area contributed by atoms with E-state index in [-0.39, 0.29) is 30.4 Å². The maximum atomic E-state index is 12.6. The summed E-state index contributed by atoms with van der Waals surface area (Å²) >= 11 is 0. The lowest BCUT2D eigenvalue weighted by atomic mass is 10.0. The third-order valence-corrected chi connectivity index (χ3v) is 4.74. The van der Waals surface area contributed by atoms with Gasteiger partial charge in [0.1, 0.15) is 19.5 Å². The molecule has 0 saturated carbocycles. The largest absolute Gasteiger partial charge is 0.457 e. The predicted molar refractivity (Wildman–Crippen MR) is 118 cm³/mol. The lowest BCUT2D eigenvalue weighted by Crippen LogP contribution is -2.21. The molecule has 0 saturated heterocycles. The highest BCUT2D eigenvalue weighted by Gasteiger charge is 2.15. The molecule has 0 spiro atoms. The summed E-state index contributed by atoms with van der Waals surface area (Å²) in [6.07, 6.45) is 1.32. The Morgan fingerprint density at radius 2 is 1.55 bits per heavy atom. The van der Waals surface area contributed by atoms with Crippen LogP contribution in [0.4, 0.5) is 5.69 Å². The number of nitrogens with one attached hydrogen (secondary N) is 1. The number of ketones is 1. The predicted octanol–water partition coefficient (Wildman–Crippen LogP) is 2.90. The molecule has 1 heterocycles. The summed E-state index contributed by atoms with van der Waals surface area (Å²) in [6, 6.07) is 22.4. The number of hydrogen-bond acceptors (Lipinski definition) is 7. The molecule has 0 radical (unpaired) electrons. The van der Waals surface area contributed by atoms with Gasteiger partial charge in [0.25, 0.3) is 0 Å². The van der Waals surface area contributed by atoms with Crippen molar-refractivity contribution < 1.29 is 19.1 Å². The molecule has 1 N–H and O–H groups in total. The summed E-state index contributed by atoms with van der Waals surface area (Å²) in [5, 5.41) is 13.2. The Morgan fingerprint density at radius 3 is 2.27 bits per heavy atom. The third-order valence-electron chi connectivity index (χ3n) is 4.74. The van der Waals surface area contributed by atoms with E-state index in [0.717, 1.165) is 5.56 Å². The summed E-state index contributed by atoms with van der Waals surface area (Å²) in [5.41, 5.74) is 2.43. The number of rotatable bonds is 8. The number of nitrogens with zero attached hydrogens (tertiary/aromatic N) is 4. The van der Waals surface area contributed by atoms with Crippen molar-refractivity contribution in [1.82, 2.24) is 20.2 Å². The molecule has 1 amide bonds. The van der Waals surface area contributed by atoms with Crippen molar-refractivity contribution in [2.45, 2.75) is 13.2 Å². The maximum absolute atomic E-state index is 12.6. The number of hydrogen-bond donors (Lipinski definition) is 1. The standard InChI is InChI=1S/C24H19N5O4/c30-22(14-29-16-25-27-28-29)26-21-9-5-4-8-20(21)24(32)33-15-17-10-12-19(13-11-17)23(31)18-6-2-1-3-7-18/h1-13,16H,14-15H2,(H,26,30). The number of esters is 1. The Hall–Kier alpha value is -4.66. The molecule has 0 atom stereocenters. The van der Waals surface area contributed by atoms with Gasteiger partial charge in [-0.25, -0.2) is 9.48 Å². The molecule has 0 aliphatic carbocycles. The molecule has 3 aromatic carbocycles. The van der Waals surface area contributed by atoms with Crippen LogP contribution < -0.4 is 5.32 Å². The minimum atomic E-state index is -0.585. The van der Waals surface area contributed by atoms with Crippen LogP contribution >= 0.6 is 0 Å². The molecule has 4 aromatic rings. The Bertz CT molecular complexity index is 1260. The zero-order valence-electron chi connectivity index (χ0n) is 17.4. The zero-order chi connectivity index (χ0) is 23.0. The van der Waals surface area contributed by atoms with Crippen molar-refractivity contribution in [3.8, 4) is 0 Å². The molecular formula is C24H19N5O4. The first-order chi connectivity index (χ1) is 16.1. The second-order valence-electron chi connectivity index (χ2n) is 7.07. The van der Waals surface area contributed by atoms with E-state index in [0.29, 0.717) is 16.8 Å². The SMILES string of the molecule is O=C(Cn1cnnn1)Nc1ccccc1C(=O)OCc1ccc(C(=O)c2ccccc2)cc1. The topological polar surface area (TPSA) is 116 Å². The normalized spacial score (nSPS) is 10.4. The van der Waals surface area contributed by atoms with Gasteiger partial charge in [0.2, 0.25) is 5.91 Å². The number of para-hydroxylation sites is 1. The molecule has 33 heavy (non-hydrogen) atoms. The van der Waals surface area contributed by atoms with Crippen LogP contribution in [0.5, 0.6) is 0 Å². The maximum Gasteiger partial charge on any atom is 0.340 e. The second-order valence-corrected chi connectivity index (χ2v) is 7.07. The van der Waals surface area contributed by atoms with Crippen LogP contribution in [0.25, 0.3) is 0 Å². The van der Waals surface area contributed by atoms with E-state index in [9.17, 15) is 14.4 Å². The molecule has 9 heteroatoms. The van der Waals surface area contributed by atoms with Crippen LogP contribution in [0, 0.1) is 0 Å². The Balaban J connectivity index is 1.37. The average molecular weight is 441 g/mol. The van der Waals surface area contributed by atoms with Crippen LogP contribution in [0.2, 0.25) is 0 Å². The molecule has 0 aliphatic rings. The highest BCUT2D eigenvalue weighted by molar-refractivity contribution is 6.09. The Morgan fingerprint density at radius 1 is 0.848 bits per heavy atom. The monoisotopic (exact) mass is 441 g/mol. The summed E-state index contributed by atoms with van der Waals surface area (Å²) in [5.74, 6) is -1.05. The lowest BCUT2D eigenvalue weighted by molar-refractivity contribution is -0.116. The van der Waals surface area contributed by atoms with Gasteiger partial charge < -0.3 is 10.1 Å². The van der Waals surface area contributed by atoms with E-state index in [1.165, 1.54) is 11.0 Å². The van der Waals surface area contributed by atoms with Crippen LogP contribution in [-0.4, -0.2) is 37.9 Å². The van der Waals surface area contributed by atoms with Gasteiger partial charge in [-0.05, 0) is 28.1 Å². The van der Waals surface area contributed by atoms with Gasteiger partial charge in [0, 0.05) is 11.1 Å². The summed E-state index contributed by atoms with van der Waals surface area (Å²) in [4.78, 5) is 37.4. The summed E-state index contributed by atoms with van der Waals surface area (Å²) in [6.45, 7) is -0.0734. The van der Waals surface area contributed by atoms with Crippen molar-refractivity contribution >= 4 is 23.3 Å². The zero-order valence-corrected chi connectivity index (χ0v) is 17.4. The van der Waals surface area contributed by atoms with Crippen molar-refractivity contribution in [3.05, 3.63) is 107 Å². The molecule has 9 nitrogen and oxygen atoms in total. The number of ether oxygens (including phenoxy) is 1. The molecule has 0 unspecified atom stereocenters. The van der Waals surface area contributed by atoms with Crippen molar-refractivity contribution in [1.29, 1.82) is 0 Å². The van der Waals surface area contributed by atoms with Crippen molar-refractivity contribution in [3.63, 3.8) is 0 Å². The summed E-state index contributed by atoms with van der Waals surface area (Å²) < 4.78 is 6.68. The van der Waals surface area contributed by atoms with Gasteiger partial charge in [-0.3, -0.25) is 9.59 Å². The Labute approximate surface area is 189 Å². The van der Waals surface area contributed by atoms with E-state index in [1.807, 2.05) is 18.2 Å². The van der Waals surface area contributed by atoms with Gasteiger partial charge >= 0.3 is 5.97 Å².